The van der Waals surface area contributed by atoms with Gasteiger partial charge in [-0.1, -0.05) is 23.5 Å². The summed E-state index contributed by atoms with van der Waals surface area (Å²) < 4.78 is 19.7. The number of anilines is 1. The number of fused-ring (bicyclic) bond motifs is 1. The molecule has 8 heteroatoms. The third-order valence-corrected chi connectivity index (χ3v) is 6.89. The summed E-state index contributed by atoms with van der Waals surface area (Å²) in [6.45, 7) is 4.53. The van der Waals surface area contributed by atoms with Crippen LogP contribution in [0.2, 0.25) is 0 Å². The number of benzene rings is 2. The van der Waals surface area contributed by atoms with Crippen molar-refractivity contribution in [3.8, 4) is 0 Å². The van der Waals surface area contributed by atoms with Crippen molar-refractivity contribution in [2.45, 2.75) is 11.3 Å². The maximum atomic E-state index is 13.2. The number of halogens is 1. The van der Waals surface area contributed by atoms with Gasteiger partial charge in [-0.05, 0) is 42.2 Å². The second-order valence-electron chi connectivity index (χ2n) is 7.13. The first kappa shape index (κ1) is 21.2. The van der Waals surface area contributed by atoms with E-state index in [0.29, 0.717) is 11.7 Å². The van der Waals surface area contributed by atoms with Crippen molar-refractivity contribution >= 4 is 44.4 Å². The summed E-state index contributed by atoms with van der Waals surface area (Å²) in [7, 11) is 0. The van der Waals surface area contributed by atoms with E-state index in [1.807, 2.05) is 12.3 Å². The van der Waals surface area contributed by atoms with Crippen LogP contribution in [-0.2, 0) is 16.0 Å². The van der Waals surface area contributed by atoms with Crippen molar-refractivity contribution in [3.05, 3.63) is 53.8 Å². The molecule has 1 aliphatic rings. The van der Waals surface area contributed by atoms with Crippen molar-refractivity contribution < 1.29 is 13.9 Å². The minimum atomic E-state index is -0.300. The molecule has 5 nitrogen and oxygen atoms in total. The van der Waals surface area contributed by atoms with Gasteiger partial charge in [-0.25, -0.2) is 9.37 Å². The number of aromatic nitrogens is 1. The van der Waals surface area contributed by atoms with Crippen molar-refractivity contribution in [1.82, 2.24) is 9.88 Å². The van der Waals surface area contributed by atoms with Crippen LogP contribution in [0.4, 0.5) is 9.52 Å². The monoisotopic (exact) mass is 445 g/mol. The molecule has 0 atom stereocenters. The van der Waals surface area contributed by atoms with Gasteiger partial charge in [0, 0.05) is 31.1 Å². The Morgan fingerprint density at radius 2 is 2.00 bits per heavy atom. The summed E-state index contributed by atoms with van der Waals surface area (Å²) in [6, 6.07) is 12.3. The number of nitrogens with zero attached hydrogens (tertiary/aromatic N) is 3. The van der Waals surface area contributed by atoms with Crippen LogP contribution >= 0.6 is 23.1 Å². The predicted octanol–water partition coefficient (Wildman–Crippen LogP) is 4.07. The first-order valence-corrected chi connectivity index (χ1v) is 12.0. The van der Waals surface area contributed by atoms with Gasteiger partial charge in [0.25, 0.3) is 0 Å². The van der Waals surface area contributed by atoms with Gasteiger partial charge in [0.2, 0.25) is 5.91 Å². The molecule has 2 aromatic carbocycles. The van der Waals surface area contributed by atoms with Gasteiger partial charge >= 0.3 is 0 Å². The van der Waals surface area contributed by atoms with Gasteiger partial charge in [-0.3, -0.25) is 14.6 Å². The van der Waals surface area contributed by atoms with Crippen LogP contribution in [0.25, 0.3) is 10.2 Å². The zero-order valence-electron chi connectivity index (χ0n) is 16.8. The minimum absolute atomic E-state index is 0.0287. The lowest BCUT2D eigenvalue weighted by atomic mass is 10.1. The van der Waals surface area contributed by atoms with E-state index in [1.54, 1.807) is 40.1 Å². The number of hydrogen-bond donors (Lipinski definition) is 0. The highest BCUT2D eigenvalue weighted by molar-refractivity contribution is 7.98. The molecule has 0 bridgehead atoms. The number of ether oxygens (including phenoxy) is 1. The average Bonchev–Trinajstić information content (AvgIpc) is 3.19. The highest BCUT2D eigenvalue weighted by Gasteiger charge is 2.22. The van der Waals surface area contributed by atoms with E-state index in [4.69, 9.17) is 9.72 Å². The number of morpholine rings is 1. The number of carbonyl (C=O) groups is 1. The van der Waals surface area contributed by atoms with Crippen LogP contribution in [-0.4, -0.2) is 61.4 Å². The van der Waals surface area contributed by atoms with Gasteiger partial charge < -0.3 is 4.74 Å². The fourth-order valence-corrected chi connectivity index (χ4v) is 4.96. The molecule has 0 saturated carbocycles. The van der Waals surface area contributed by atoms with Crippen LogP contribution in [0.15, 0.2) is 47.4 Å². The highest BCUT2D eigenvalue weighted by atomic mass is 32.2. The van der Waals surface area contributed by atoms with E-state index in [-0.39, 0.29) is 18.1 Å². The van der Waals surface area contributed by atoms with Gasteiger partial charge in [0.1, 0.15) is 5.82 Å². The van der Waals surface area contributed by atoms with E-state index >= 15 is 0 Å². The summed E-state index contributed by atoms with van der Waals surface area (Å²) in [4.78, 5) is 23.2. The molecule has 0 unspecified atom stereocenters. The van der Waals surface area contributed by atoms with E-state index in [2.05, 4.69) is 17.0 Å². The topological polar surface area (TPSA) is 45.7 Å². The molecular weight excluding hydrogens is 421 g/mol. The molecule has 0 spiro atoms. The Morgan fingerprint density at radius 1 is 1.23 bits per heavy atom. The maximum Gasteiger partial charge on any atom is 0.233 e. The molecule has 1 saturated heterocycles. The second-order valence-corrected chi connectivity index (χ2v) is 9.02. The smallest absolute Gasteiger partial charge is 0.233 e. The van der Waals surface area contributed by atoms with E-state index in [0.717, 1.165) is 48.6 Å². The molecule has 2 heterocycles. The first-order valence-electron chi connectivity index (χ1n) is 9.92. The van der Waals surface area contributed by atoms with Crippen molar-refractivity contribution in [2.75, 3.05) is 50.5 Å². The number of rotatable bonds is 7. The Balaban J connectivity index is 1.56. The van der Waals surface area contributed by atoms with Gasteiger partial charge in [-0.2, -0.15) is 0 Å². The third-order valence-electron chi connectivity index (χ3n) is 5.13. The lowest BCUT2D eigenvalue weighted by Crippen LogP contribution is -2.43. The van der Waals surface area contributed by atoms with E-state index in [9.17, 15) is 9.18 Å². The van der Waals surface area contributed by atoms with Gasteiger partial charge in [-0.15, -0.1) is 11.8 Å². The summed E-state index contributed by atoms with van der Waals surface area (Å²) in [5, 5.41) is 0.712. The average molecular weight is 446 g/mol. The molecule has 4 rings (SSSR count). The van der Waals surface area contributed by atoms with Crippen molar-refractivity contribution in [1.29, 1.82) is 0 Å². The normalized spacial score (nSPS) is 14.9. The molecule has 0 radical (unpaired) electrons. The van der Waals surface area contributed by atoms with Crippen LogP contribution in [0.1, 0.15) is 5.56 Å². The third kappa shape index (κ3) is 5.18. The largest absolute Gasteiger partial charge is 0.379 e. The molecule has 158 valence electrons. The van der Waals surface area contributed by atoms with Crippen LogP contribution in [0.5, 0.6) is 0 Å². The summed E-state index contributed by atoms with van der Waals surface area (Å²) in [5.74, 6) is -0.329. The standard InChI is InChI=1S/C22H24FN3O2S2/c1-29-18-6-7-19-20(15-18)30-22(24-19)26(9-8-25-10-12-28-13-11-25)21(27)14-16-2-4-17(23)5-3-16/h2-7,15H,8-14H2,1H3. The second kappa shape index (κ2) is 9.87. The van der Waals surface area contributed by atoms with Crippen LogP contribution < -0.4 is 4.90 Å². The molecular formula is C22H24FN3O2S2. The number of carbonyl (C=O) groups excluding carboxylic acids is 1. The number of thioether (sulfide) groups is 1. The molecule has 1 amide bonds. The molecule has 1 aromatic heterocycles. The SMILES string of the molecule is CSc1ccc2nc(N(CCN3CCOCC3)C(=O)Cc3ccc(F)cc3)sc2c1. The summed E-state index contributed by atoms with van der Waals surface area (Å²) >= 11 is 3.23. The molecule has 1 fully saturated rings. The zero-order chi connectivity index (χ0) is 20.9. The first-order chi connectivity index (χ1) is 14.6. The lowest BCUT2D eigenvalue weighted by Gasteiger charge is -2.29. The van der Waals surface area contributed by atoms with E-state index in [1.165, 1.54) is 17.0 Å². The Bertz CT molecular complexity index is 1000. The number of hydrogen-bond acceptors (Lipinski definition) is 6. The van der Waals surface area contributed by atoms with Crippen LogP contribution in [0.3, 0.4) is 0 Å². The summed E-state index contributed by atoms with van der Waals surface area (Å²) in [5.41, 5.74) is 1.70. The Kier molecular flexibility index (Phi) is 6.99. The van der Waals surface area contributed by atoms with E-state index < -0.39 is 0 Å². The molecule has 0 N–H and O–H groups in total. The minimum Gasteiger partial charge on any atom is -0.379 e. The lowest BCUT2D eigenvalue weighted by molar-refractivity contribution is -0.118. The quantitative estimate of drug-likeness (QED) is 0.513. The van der Waals surface area contributed by atoms with Gasteiger partial charge in [0.15, 0.2) is 5.13 Å². The fraction of sp³-hybridized carbons (Fsp3) is 0.364. The number of amides is 1. The maximum absolute atomic E-state index is 13.2. The molecule has 3 aromatic rings. The predicted molar refractivity (Wildman–Crippen MR) is 121 cm³/mol. The van der Waals surface area contributed by atoms with Crippen molar-refractivity contribution in [3.63, 3.8) is 0 Å². The zero-order valence-corrected chi connectivity index (χ0v) is 18.5. The van der Waals surface area contributed by atoms with Crippen molar-refractivity contribution in [2.24, 2.45) is 0 Å². The Labute approximate surface area is 183 Å². The Hall–Kier alpha value is -2.00. The molecule has 0 aliphatic carbocycles. The van der Waals surface area contributed by atoms with Gasteiger partial charge in [0.05, 0.1) is 29.9 Å². The summed E-state index contributed by atoms with van der Waals surface area (Å²) in [6.07, 6.45) is 2.26. The molecule has 30 heavy (non-hydrogen) atoms. The fourth-order valence-electron chi connectivity index (χ4n) is 3.40. The number of thiazole rings is 1. The molecule has 1 aliphatic heterocycles. The Morgan fingerprint density at radius 3 is 2.73 bits per heavy atom. The van der Waals surface area contributed by atoms with Crippen LogP contribution in [0, 0.1) is 5.82 Å². The highest BCUT2D eigenvalue weighted by Crippen LogP contribution is 2.32.